The monoisotopic (exact) mass is 431 g/mol. The number of hydrogen-bond acceptors (Lipinski definition) is 7. The predicted molar refractivity (Wildman–Crippen MR) is 118 cm³/mol. The number of halogens is 1. The zero-order valence-electron chi connectivity index (χ0n) is 18.5. The number of rotatable bonds is 9. The Labute approximate surface area is 182 Å². The van der Waals surface area contributed by atoms with Gasteiger partial charge in [-0.25, -0.2) is 14.4 Å². The van der Waals surface area contributed by atoms with Crippen LogP contribution in [0.3, 0.4) is 0 Å². The smallest absolute Gasteiger partial charge is 0.308 e. The van der Waals surface area contributed by atoms with Crippen molar-refractivity contribution >= 4 is 18.0 Å². The molecule has 2 rings (SSSR count). The molecular formula is C23H30FN3O4. The van der Waals surface area contributed by atoms with Gasteiger partial charge in [-0.1, -0.05) is 26.0 Å². The molecule has 0 radical (unpaired) electrons. The average molecular weight is 432 g/mol. The van der Waals surface area contributed by atoms with E-state index in [1.165, 1.54) is 25.3 Å². The van der Waals surface area contributed by atoms with Gasteiger partial charge in [-0.15, -0.1) is 0 Å². The summed E-state index contributed by atoms with van der Waals surface area (Å²) < 4.78 is 18.0. The van der Waals surface area contributed by atoms with Crippen LogP contribution in [0.2, 0.25) is 0 Å². The van der Waals surface area contributed by atoms with Crippen molar-refractivity contribution < 1.29 is 24.1 Å². The minimum atomic E-state index is -1.03. The molecule has 0 fully saturated rings. The Balaban J connectivity index is 2.45. The highest BCUT2D eigenvalue weighted by Gasteiger charge is 2.19. The van der Waals surface area contributed by atoms with Crippen molar-refractivity contribution in [3.8, 4) is 11.3 Å². The van der Waals surface area contributed by atoms with Crippen LogP contribution in [0.4, 0.5) is 10.3 Å². The highest BCUT2D eigenvalue weighted by molar-refractivity contribution is 5.75. The van der Waals surface area contributed by atoms with E-state index in [4.69, 9.17) is 0 Å². The molecule has 0 unspecified atom stereocenters. The lowest BCUT2D eigenvalue weighted by Crippen LogP contribution is -2.20. The molecule has 2 atom stereocenters. The first-order valence-corrected chi connectivity index (χ1v) is 10.1. The second kappa shape index (κ2) is 11.0. The first-order chi connectivity index (χ1) is 14.6. The highest BCUT2D eigenvalue weighted by atomic mass is 19.1. The van der Waals surface area contributed by atoms with E-state index in [1.807, 2.05) is 27.9 Å². The van der Waals surface area contributed by atoms with Crippen LogP contribution in [-0.2, 0) is 9.53 Å². The van der Waals surface area contributed by atoms with Crippen LogP contribution in [0.5, 0.6) is 0 Å². The second-order valence-electron chi connectivity index (χ2n) is 7.82. The number of benzene rings is 1. The van der Waals surface area contributed by atoms with Crippen LogP contribution >= 0.6 is 0 Å². The molecule has 1 aromatic heterocycles. The standard InChI is InChI=1S/C23H30FN3O4/c1-14(2)21-19(11-10-17(28)12-18(29)13-20(30)31-5)22(26-23(25-21)27(3)4)15-6-8-16(24)9-7-15/h6-11,14,17-18,28-29H,12-13H2,1-5H3/b11-10+/t17-,18-/m1/s1. The second-order valence-corrected chi connectivity index (χ2v) is 7.82. The zero-order chi connectivity index (χ0) is 23.1. The molecule has 0 bridgehead atoms. The van der Waals surface area contributed by atoms with Gasteiger partial charge in [0.2, 0.25) is 5.95 Å². The van der Waals surface area contributed by atoms with Crippen LogP contribution < -0.4 is 4.90 Å². The molecule has 7 nitrogen and oxygen atoms in total. The molecule has 2 aromatic rings. The van der Waals surface area contributed by atoms with Crippen LogP contribution in [0.15, 0.2) is 30.3 Å². The number of carbonyl (C=O) groups is 1. The van der Waals surface area contributed by atoms with Crippen molar-refractivity contribution in [2.45, 2.75) is 44.8 Å². The zero-order valence-corrected chi connectivity index (χ0v) is 18.5. The van der Waals surface area contributed by atoms with Gasteiger partial charge in [0.25, 0.3) is 0 Å². The van der Waals surface area contributed by atoms with Crippen molar-refractivity contribution in [1.29, 1.82) is 0 Å². The number of aromatic nitrogens is 2. The Kier molecular flexibility index (Phi) is 8.65. The van der Waals surface area contributed by atoms with Gasteiger partial charge in [-0.3, -0.25) is 4.79 Å². The van der Waals surface area contributed by atoms with Crippen molar-refractivity contribution in [3.05, 3.63) is 47.4 Å². The van der Waals surface area contributed by atoms with Gasteiger partial charge in [0, 0.05) is 31.6 Å². The van der Waals surface area contributed by atoms with E-state index >= 15 is 0 Å². The number of hydrogen-bond donors (Lipinski definition) is 2. The SMILES string of the molecule is COC(=O)C[C@H](O)C[C@H](O)/C=C/c1c(-c2ccc(F)cc2)nc(N(C)C)nc1C(C)C. The molecule has 31 heavy (non-hydrogen) atoms. The summed E-state index contributed by atoms with van der Waals surface area (Å²) in [6.07, 6.45) is 1.01. The Morgan fingerprint density at radius 1 is 1.19 bits per heavy atom. The quantitative estimate of drug-likeness (QED) is 0.589. The van der Waals surface area contributed by atoms with Gasteiger partial charge < -0.3 is 19.8 Å². The molecule has 0 aliphatic rings. The van der Waals surface area contributed by atoms with Gasteiger partial charge in [-0.2, -0.15) is 0 Å². The number of methoxy groups -OCH3 is 1. The summed E-state index contributed by atoms with van der Waals surface area (Å²) in [4.78, 5) is 22.4. The molecule has 0 aliphatic heterocycles. The molecule has 0 spiro atoms. The lowest BCUT2D eigenvalue weighted by atomic mass is 9.97. The lowest BCUT2D eigenvalue weighted by molar-refractivity contribution is -0.143. The van der Waals surface area contributed by atoms with Crippen LogP contribution in [0, 0.1) is 5.82 Å². The van der Waals surface area contributed by atoms with Crippen molar-refractivity contribution in [1.82, 2.24) is 9.97 Å². The van der Waals surface area contributed by atoms with Crippen LogP contribution in [0.25, 0.3) is 17.3 Å². The number of esters is 1. The van der Waals surface area contributed by atoms with Gasteiger partial charge in [-0.05, 0) is 30.2 Å². The first-order valence-electron chi connectivity index (χ1n) is 10.1. The summed E-state index contributed by atoms with van der Waals surface area (Å²) in [6.45, 7) is 4.01. The topological polar surface area (TPSA) is 95.8 Å². The molecule has 8 heteroatoms. The molecular weight excluding hydrogens is 401 g/mol. The third kappa shape index (κ3) is 6.83. The van der Waals surface area contributed by atoms with Crippen molar-refractivity contribution in [3.63, 3.8) is 0 Å². The molecule has 2 N–H and O–H groups in total. The molecule has 0 saturated carbocycles. The lowest BCUT2D eigenvalue weighted by Gasteiger charge is -2.19. The van der Waals surface area contributed by atoms with E-state index < -0.39 is 18.2 Å². The first kappa shape index (κ1) is 24.4. The molecule has 0 aliphatic carbocycles. The molecule has 1 heterocycles. The summed E-state index contributed by atoms with van der Waals surface area (Å²) in [5, 5.41) is 20.3. The van der Waals surface area contributed by atoms with Crippen molar-refractivity contribution in [2.24, 2.45) is 0 Å². The van der Waals surface area contributed by atoms with E-state index in [-0.39, 0.29) is 24.6 Å². The third-order valence-corrected chi connectivity index (χ3v) is 4.66. The maximum Gasteiger partial charge on any atom is 0.308 e. The number of carbonyl (C=O) groups excluding carboxylic acids is 1. The average Bonchev–Trinajstić information content (AvgIpc) is 2.71. The maximum absolute atomic E-state index is 13.5. The van der Waals surface area contributed by atoms with Gasteiger partial charge >= 0.3 is 5.97 Å². The fraction of sp³-hybridized carbons (Fsp3) is 0.435. The number of aliphatic hydroxyl groups is 2. The fourth-order valence-corrected chi connectivity index (χ4v) is 3.03. The summed E-state index contributed by atoms with van der Waals surface area (Å²) in [5.74, 6) is -0.310. The highest BCUT2D eigenvalue weighted by Crippen LogP contribution is 2.31. The molecule has 0 amide bonds. The molecule has 0 saturated heterocycles. The number of aliphatic hydroxyl groups excluding tert-OH is 2. The minimum absolute atomic E-state index is 0.0227. The van der Waals surface area contributed by atoms with Crippen LogP contribution in [-0.4, -0.2) is 59.6 Å². The van der Waals surface area contributed by atoms with E-state index in [9.17, 15) is 19.4 Å². The Bertz CT molecular complexity index is 914. The normalized spacial score (nSPS) is 13.5. The molecule has 1 aromatic carbocycles. The van der Waals surface area contributed by atoms with E-state index in [1.54, 1.807) is 23.1 Å². The minimum Gasteiger partial charge on any atom is -0.469 e. The van der Waals surface area contributed by atoms with E-state index in [0.29, 0.717) is 22.8 Å². The third-order valence-electron chi connectivity index (χ3n) is 4.66. The number of ether oxygens (including phenoxy) is 1. The predicted octanol–water partition coefficient (Wildman–Crippen LogP) is 3.16. The Hall–Kier alpha value is -2.84. The molecule has 168 valence electrons. The van der Waals surface area contributed by atoms with Crippen LogP contribution in [0.1, 0.15) is 43.9 Å². The Morgan fingerprint density at radius 3 is 2.39 bits per heavy atom. The summed E-state index contributed by atoms with van der Waals surface area (Å²) >= 11 is 0. The van der Waals surface area contributed by atoms with Gasteiger partial charge in [0.1, 0.15) is 5.82 Å². The summed E-state index contributed by atoms with van der Waals surface area (Å²) in [5.41, 5.74) is 2.81. The van der Waals surface area contributed by atoms with Gasteiger partial charge in [0.05, 0.1) is 37.1 Å². The number of anilines is 1. The maximum atomic E-state index is 13.5. The number of nitrogens with zero attached hydrogens (tertiary/aromatic N) is 3. The van der Waals surface area contributed by atoms with Gasteiger partial charge in [0.15, 0.2) is 0 Å². The fourth-order valence-electron chi connectivity index (χ4n) is 3.03. The van der Waals surface area contributed by atoms with E-state index in [0.717, 1.165) is 5.69 Å². The van der Waals surface area contributed by atoms with Crippen molar-refractivity contribution in [2.75, 3.05) is 26.1 Å². The van der Waals surface area contributed by atoms with E-state index in [2.05, 4.69) is 14.7 Å². The Morgan fingerprint density at radius 2 is 1.84 bits per heavy atom. The summed E-state index contributed by atoms with van der Waals surface area (Å²) in [6, 6.07) is 6.03. The largest absolute Gasteiger partial charge is 0.469 e. The summed E-state index contributed by atoms with van der Waals surface area (Å²) in [7, 11) is 4.93.